The molecule has 3 unspecified atom stereocenters. The van der Waals surface area contributed by atoms with Crippen molar-refractivity contribution < 1.29 is 0 Å². The Labute approximate surface area is 114 Å². The lowest BCUT2D eigenvalue weighted by atomic mass is 9.78. The Bertz CT molecular complexity index is 233. The number of nitrogens with two attached hydrogens (primary N) is 1. The van der Waals surface area contributed by atoms with Crippen LogP contribution in [-0.4, -0.2) is 29.6 Å². The maximum atomic E-state index is 6.22. The van der Waals surface area contributed by atoms with E-state index in [4.69, 9.17) is 5.73 Å². The highest BCUT2D eigenvalue weighted by Crippen LogP contribution is 2.36. The van der Waals surface area contributed by atoms with E-state index in [2.05, 4.69) is 39.5 Å². The summed E-state index contributed by atoms with van der Waals surface area (Å²) in [7, 11) is 0. The predicted octanol–water partition coefficient (Wildman–Crippen LogP) is 3.65. The molecule has 0 radical (unpaired) electrons. The van der Waals surface area contributed by atoms with Gasteiger partial charge in [0.05, 0.1) is 0 Å². The summed E-state index contributed by atoms with van der Waals surface area (Å²) in [5.74, 6) is 1.62. The third-order valence-corrected chi connectivity index (χ3v) is 5.02. The van der Waals surface area contributed by atoms with Crippen molar-refractivity contribution in [3.8, 4) is 0 Å². The summed E-state index contributed by atoms with van der Waals surface area (Å²) < 4.78 is 0. The van der Waals surface area contributed by atoms with Crippen LogP contribution in [0.25, 0.3) is 0 Å². The van der Waals surface area contributed by atoms with Gasteiger partial charge in [-0.1, -0.05) is 40.5 Å². The molecule has 18 heavy (non-hydrogen) atoms. The minimum atomic E-state index is 0.256. The molecule has 1 aliphatic heterocycles. The smallest absolute Gasteiger partial charge is 0.0334 e. The number of hydrogen-bond donors (Lipinski definition) is 1. The van der Waals surface area contributed by atoms with Gasteiger partial charge in [-0.25, -0.2) is 0 Å². The Morgan fingerprint density at radius 3 is 2.11 bits per heavy atom. The average molecular weight is 254 g/mol. The van der Waals surface area contributed by atoms with E-state index in [1.807, 2.05) is 0 Å². The SMILES string of the molecule is CCCC(CN)(CCC)N1CC(C)CC(C)C1C. The van der Waals surface area contributed by atoms with Crippen molar-refractivity contribution >= 4 is 0 Å². The second kappa shape index (κ2) is 6.91. The molecule has 108 valence electrons. The Kier molecular flexibility index (Phi) is 6.13. The van der Waals surface area contributed by atoms with Crippen LogP contribution in [0.3, 0.4) is 0 Å². The minimum absolute atomic E-state index is 0.256. The molecular formula is C16H34N2. The quantitative estimate of drug-likeness (QED) is 0.784. The van der Waals surface area contributed by atoms with E-state index in [0.717, 1.165) is 18.4 Å². The summed E-state index contributed by atoms with van der Waals surface area (Å²) in [6, 6.07) is 0.683. The molecule has 1 saturated heterocycles. The van der Waals surface area contributed by atoms with Crippen molar-refractivity contribution in [3.05, 3.63) is 0 Å². The van der Waals surface area contributed by atoms with Crippen LogP contribution in [0.2, 0.25) is 0 Å². The maximum absolute atomic E-state index is 6.22. The van der Waals surface area contributed by atoms with Gasteiger partial charge in [0.2, 0.25) is 0 Å². The highest BCUT2D eigenvalue weighted by molar-refractivity contribution is 4.97. The summed E-state index contributed by atoms with van der Waals surface area (Å²) in [6.45, 7) is 13.9. The van der Waals surface area contributed by atoms with Gasteiger partial charge in [0.15, 0.2) is 0 Å². The van der Waals surface area contributed by atoms with Gasteiger partial charge in [-0.3, -0.25) is 4.90 Å². The van der Waals surface area contributed by atoms with Crippen molar-refractivity contribution in [1.29, 1.82) is 0 Å². The molecule has 0 amide bonds. The van der Waals surface area contributed by atoms with Crippen molar-refractivity contribution in [2.45, 2.75) is 78.3 Å². The van der Waals surface area contributed by atoms with Gasteiger partial charge in [-0.15, -0.1) is 0 Å². The van der Waals surface area contributed by atoms with Crippen molar-refractivity contribution in [1.82, 2.24) is 4.90 Å². The first-order chi connectivity index (χ1) is 8.50. The molecule has 0 saturated carbocycles. The fraction of sp³-hybridized carbons (Fsp3) is 1.00. The van der Waals surface area contributed by atoms with Gasteiger partial charge in [0.25, 0.3) is 0 Å². The number of nitrogens with zero attached hydrogens (tertiary/aromatic N) is 1. The molecule has 0 spiro atoms. The minimum Gasteiger partial charge on any atom is -0.329 e. The van der Waals surface area contributed by atoms with Gasteiger partial charge < -0.3 is 5.73 Å². The van der Waals surface area contributed by atoms with Crippen molar-refractivity contribution in [2.24, 2.45) is 17.6 Å². The van der Waals surface area contributed by atoms with Crippen LogP contribution in [-0.2, 0) is 0 Å². The third-order valence-electron chi connectivity index (χ3n) is 5.02. The molecule has 1 fully saturated rings. The first-order valence-electron chi connectivity index (χ1n) is 7.97. The molecule has 3 atom stereocenters. The lowest BCUT2D eigenvalue weighted by Crippen LogP contribution is -2.61. The van der Waals surface area contributed by atoms with Gasteiger partial charge in [0.1, 0.15) is 0 Å². The van der Waals surface area contributed by atoms with E-state index >= 15 is 0 Å². The van der Waals surface area contributed by atoms with Crippen LogP contribution >= 0.6 is 0 Å². The lowest BCUT2D eigenvalue weighted by molar-refractivity contribution is -0.0260. The van der Waals surface area contributed by atoms with Crippen molar-refractivity contribution in [3.63, 3.8) is 0 Å². The monoisotopic (exact) mass is 254 g/mol. The van der Waals surface area contributed by atoms with Crippen LogP contribution in [0.4, 0.5) is 0 Å². The Hall–Kier alpha value is -0.0800. The number of hydrogen-bond acceptors (Lipinski definition) is 2. The lowest BCUT2D eigenvalue weighted by Gasteiger charge is -2.52. The molecule has 2 N–H and O–H groups in total. The van der Waals surface area contributed by atoms with Gasteiger partial charge >= 0.3 is 0 Å². The molecule has 1 heterocycles. The summed E-state index contributed by atoms with van der Waals surface area (Å²) in [5, 5.41) is 0. The van der Waals surface area contributed by atoms with E-state index in [9.17, 15) is 0 Å². The molecular weight excluding hydrogens is 220 g/mol. The van der Waals surface area contributed by atoms with Gasteiger partial charge in [-0.05, 0) is 38.0 Å². The molecule has 0 aromatic rings. The summed E-state index contributed by atoms with van der Waals surface area (Å²) in [6.07, 6.45) is 6.35. The van der Waals surface area contributed by atoms with Gasteiger partial charge in [-0.2, -0.15) is 0 Å². The Morgan fingerprint density at radius 1 is 1.11 bits per heavy atom. The second-order valence-corrected chi connectivity index (χ2v) is 6.64. The van der Waals surface area contributed by atoms with Crippen LogP contribution < -0.4 is 5.73 Å². The van der Waals surface area contributed by atoms with E-state index in [1.165, 1.54) is 38.6 Å². The van der Waals surface area contributed by atoms with Crippen LogP contribution in [0.5, 0.6) is 0 Å². The molecule has 0 bridgehead atoms. The highest BCUT2D eigenvalue weighted by atomic mass is 15.2. The van der Waals surface area contributed by atoms with Crippen LogP contribution in [0, 0.1) is 11.8 Å². The van der Waals surface area contributed by atoms with E-state index in [1.54, 1.807) is 0 Å². The second-order valence-electron chi connectivity index (χ2n) is 6.64. The fourth-order valence-corrected chi connectivity index (χ4v) is 4.01. The highest BCUT2D eigenvalue weighted by Gasteiger charge is 2.41. The zero-order valence-corrected chi connectivity index (χ0v) is 13.2. The zero-order chi connectivity index (χ0) is 13.8. The molecule has 2 heteroatoms. The normalized spacial score (nSPS) is 30.7. The number of likely N-dealkylation sites (tertiary alicyclic amines) is 1. The van der Waals surface area contributed by atoms with Gasteiger partial charge in [0, 0.05) is 24.7 Å². The maximum Gasteiger partial charge on any atom is 0.0334 e. The van der Waals surface area contributed by atoms with Crippen molar-refractivity contribution in [2.75, 3.05) is 13.1 Å². The largest absolute Gasteiger partial charge is 0.329 e. The Morgan fingerprint density at radius 2 is 1.67 bits per heavy atom. The molecule has 0 aromatic heterocycles. The van der Waals surface area contributed by atoms with E-state index in [0.29, 0.717) is 6.04 Å². The molecule has 1 rings (SSSR count). The van der Waals surface area contributed by atoms with Crippen LogP contribution in [0.15, 0.2) is 0 Å². The molecule has 0 aliphatic carbocycles. The molecule has 0 aromatic carbocycles. The summed E-state index contributed by atoms with van der Waals surface area (Å²) in [5.41, 5.74) is 6.48. The summed E-state index contributed by atoms with van der Waals surface area (Å²) >= 11 is 0. The number of piperidine rings is 1. The van der Waals surface area contributed by atoms with E-state index < -0.39 is 0 Å². The predicted molar refractivity (Wildman–Crippen MR) is 80.7 cm³/mol. The van der Waals surface area contributed by atoms with E-state index in [-0.39, 0.29) is 5.54 Å². The molecule has 2 nitrogen and oxygen atoms in total. The standard InChI is InChI=1S/C16H34N2/c1-6-8-16(12-17,9-7-2)18-11-13(3)10-14(4)15(18)5/h13-15H,6-12,17H2,1-5H3. The first-order valence-corrected chi connectivity index (χ1v) is 7.97. The fourth-order valence-electron chi connectivity index (χ4n) is 4.01. The average Bonchev–Trinajstić information content (AvgIpc) is 2.33. The zero-order valence-electron chi connectivity index (χ0n) is 13.2. The topological polar surface area (TPSA) is 29.3 Å². The van der Waals surface area contributed by atoms with Crippen LogP contribution in [0.1, 0.15) is 66.7 Å². The summed E-state index contributed by atoms with van der Waals surface area (Å²) in [4.78, 5) is 2.76. The number of rotatable bonds is 6. The first kappa shape index (κ1) is 16.0. The third kappa shape index (κ3) is 3.27. The Balaban J connectivity index is 2.94. The molecule has 1 aliphatic rings.